The van der Waals surface area contributed by atoms with E-state index in [1.54, 1.807) is 29.4 Å². The molecule has 3 amide bonds. The largest absolute Gasteiger partial charge is 0.416 e. The first-order chi connectivity index (χ1) is 17.1. The summed E-state index contributed by atoms with van der Waals surface area (Å²) in [6.07, 6.45) is -1.14. The number of piperazine rings is 1. The van der Waals surface area contributed by atoms with E-state index in [0.717, 1.165) is 29.6 Å². The molecular weight excluding hydrogens is 495 g/mol. The van der Waals surface area contributed by atoms with Gasteiger partial charge in [0.05, 0.1) is 16.3 Å². The summed E-state index contributed by atoms with van der Waals surface area (Å²) in [4.78, 5) is 34.6. The minimum absolute atomic E-state index is 0.00295. The second-order valence-electron chi connectivity index (χ2n) is 8.21. The fraction of sp³-hybridized carbons (Fsp3) is 0.240. The summed E-state index contributed by atoms with van der Waals surface area (Å²) in [6.45, 7) is 1.05. The first kappa shape index (κ1) is 25.3. The molecular formula is C25H23ClF3N5O2. The Balaban J connectivity index is 1.34. The van der Waals surface area contributed by atoms with E-state index in [9.17, 15) is 22.8 Å². The Morgan fingerprint density at radius 3 is 2.11 bits per heavy atom. The molecule has 2 aromatic carbocycles. The van der Waals surface area contributed by atoms with Gasteiger partial charge in [0.15, 0.2) is 0 Å². The average molecular weight is 518 g/mol. The number of anilines is 3. The number of carbonyl (C=O) groups is 2. The van der Waals surface area contributed by atoms with E-state index in [0.29, 0.717) is 18.7 Å². The number of halogens is 4. The third-order valence-corrected chi connectivity index (χ3v) is 6.27. The lowest BCUT2D eigenvalue weighted by Crippen LogP contribution is -2.51. The Bertz CT molecular complexity index is 1230. The molecule has 36 heavy (non-hydrogen) atoms. The number of hydrogen-bond donors (Lipinski definition) is 1. The molecule has 11 heteroatoms. The van der Waals surface area contributed by atoms with Crippen molar-refractivity contribution in [3.8, 4) is 0 Å². The van der Waals surface area contributed by atoms with Crippen LogP contribution in [0.2, 0.25) is 5.02 Å². The molecule has 7 nitrogen and oxygen atoms in total. The minimum Gasteiger partial charge on any atom is -0.345 e. The highest BCUT2D eigenvalue weighted by Crippen LogP contribution is 2.34. The summed E-state index contributed by atoms with van der Waals surface area (Å²) in [7, 11) is 1.92. The van der Waals surface area contributed by atoms with Gasteiger partial charge in [0.25, 0.3) is 5.91 Å². The van der Waals surface area contributed by atoms with Crippen LogP contribution in [-0.4, -0.2) is 59.9 Å². The molecule has 3 aromatic rings. The molecule has 0 aliphatic carbocycles. The minimum atomic E-state index is -4.55. The lowest BCUT2D eigenvalue weighted by molar-refractivity contribution is -0.137. The van der Waals surface area contributed by atoms with E-state index in [1.165, 1.54) is 4.90 Å². The molecule has 2 heterocycles. The first-order valence-electron chi connectivity index (χ1n) is 11.1. The van der Waals surface area contributed by atoms with Crippen molar-refractivity contribution in [2.75, 3.05) is 43.4 Å². The molecule has 0 atom stereocenters. The second-order valence-corrected chi connectivity index (χ2v) is 8.62. The molecule has 0 saturated carbocycles. The number of pyridine rings is 1. The standard InChI is InChI=1S/C25H23ClF3N5O2/c1-32(20-8-10-30-11-9-20)19-5-2-17(3-6-19)23(35)33-12-14-34(15-13-33)24(36)31-22-16-18(25(27,28)29)4-7-21(22)26/h2-11,16H,12-15H2,1H3,(H,31,36). The number of rotatable bonds is 4. The Morgan fingerprint density at radius 2 is 1.50 bits per heavy atom. The zero-order chi connectivity index (χ0) is 25.9. The van der Waals surface area contributed by atoms with E-state index in [-0.39, 0.29) is 29.7 Å². The number of aromatic nitrogens is 1. The third kappa shape index (κ3) is 5.71. The van der Waals surface area contributed by atoms with Crippen LogP contribution in [0.1, 0.15) is 15.9 Å². The van der Waals surface area contributed by atoms with Gasteiger partial charge < -0.3 is 20.0 Å². The van der Waals surface area contributed by atoms with E-state index in [2.05, 4.69) is 10.3 Å². The summed E-state index contributed by atoms with van der Waals surface area (Å²) in [5.74, 6) is -0.158. The monoisotopic (exact) mass is 517 g/mol. The Labute approximate surface area is 211 Å². The van der Waals surface area contributed by atoms with Crippen LogP contribution < -0.4 is 10.2 Å². The molecule has 1 N–H and O–H groups in total. The highest BCUT2D eigenvalue weighted by atomic mass is 35.5. The fourth-order valence-corrected chi connectivity index (χ4v) is 4.00. The van der Waals surface area contributed by atoms with Gasteiger partial charge in [-0.2, -0.15) is 13.2 Å². The Hall–Kier alpha value is -3.79. The van der Waals surface area contributed by atoms with Gasteiger partial charge in [-0.1, -0.05) is 11.6 Å². The molecule has 0 radical (unpaired) electrons. The molecule has 0 unspecified atom stereocenters. The van der Waals surface area contributed by atoms with Crippen molar-refractivity contribution in [3.63, 3.8) is 0 Å². The summed E-state index contributed by atoms with van der Waals surface area (Å²) in [5, 5.41) is 2.44. The fourth-order valence-electron chi connectivity index (χ4n) is 3.83. The SMILES string of the molecule is CN(c1ccncc1)c1ccc(C(=O)N2CCN(C(=O)Nc3cc(C(F)(F)F)ccc3Cl)CC2)cc1. The normalized spacial score (nSPS) is 13.9. The molecule has 0 bridgehead atoms. The maximum Gasteiger partial charge on any atom is 0.416 e. The topological polar surface area (TPSA) is 68.8 Å². The van der Waals surface area contributed by atoms with Crippen LogP contribution in [0.3, 0.4) is 0 Å². The van der Waals surface area contributed by atoms with Crippen molar-refractivity contribution >= 4 is 40.6 Å². The van der Waals surface area contributed by atoms with Crippen LogP contribution in [0.15, 0.2) is 67.0 Å². The highest BCUT2D eigenvalue weighted by Gasteiger charge is 2.31. The summed E-state index contributed by atoms with van der Waals surface area (Å²) < 4.78 is 38.9. The number of alkyl halides is 3. The molecule has 0 spiro atoms. The van der Waals surface area contributed by atoms with E-state index >= 15 is 0 Å². The van der Waals surface area contributed by atoms with Gasteiger partial charge in [0.2, 0.25) is 0 Å². The molecule has 4 rings (SSSR count). The van der Waals surface area contributed by atoms with Crippen LogP contribution >= 0.6 is 11.6 Å². The van der Waals surface area contributed by atoms with Crippen molar-refractivity contribution in [1.82, 2.24) is 14.8 Å². The van der Waals surface area contributed by atoms with Crippen molar-refractivity contribution in [2.45, 2.75) is 6.18 Å². The number of amides is 3. The lowest BCUT2D eigenvalue weighted by Gasteiger charge is -2.35. The van der Waals surface area contributed by atoms with Crippen LogP contribution in [0.25, 0.3) is 0 Å². The number of benzene rings is 2. The van der Waals surface area contributed by atoms with Gasteiger partial charge in [0.1, 0.15) is 0 Å². The quantitative estimate of drug-likeness (QED) is 0.495. The molecule has 1 saturated heterocycles. The van der Waals surface area contributed by atoms with Gasteiger partial charge in [-0.15, -0.1) is 0 Å². The Kier molecular flexibility index (Phi) is 7.35. The van der Waals surface area contributed by atoms with E-state index in [4.69, 9.17) is 11.6 Å². The molecule has 1 aliphatic heterocycles. The van der Waals surface area contributed by atoms with Crippen LogP contribution in [-0.2, 0) is 6.18 Å². The van der Waals surface area contributed by atoms with Crippen molar-refractivity contribution < 1.29 is 22.8 Å². The molecule has 1 aromatic heterocycles. The number of nitrogens with zero attached hydrogens (tertiary/aromatic N) is 4. The predicted molar refractivity (Wildman–Crippen MR) is 132 cm³/mol. The van der Waals surface area contributed by atoms with Gasteiger partial charge in [0, 0.05) is 62.6 Å². The molecule has 1 aliphatic rings. The number of hydrogen-bond acceptors (Lipinski definition) is 4. The predicted octanol–water partition coefficient (Wildman–Crippen LogP) is 5.51. The second kappa shape index (κ2) is 10.4. The molecule has 1 fully saturated rings. The van der Waals surface area contributed by atoms with Gasteiger partial charge >= 0.3 is 12.2 Å². The maximum absolute atomic E-state index is 13.0. The molecule has 188 valence electrons. The summed E-state index contributed by atoms with van der Waals surface area (Å²) in [5.41, 5.74) is 1.37. The van der Waals surface area contributed by atoms with Crippen molar-refractivity contribution in [1.29, 1.82) is 0 Å². The van der Waals surface area contributed by atoms with E-state index < -0.39 is 17.8 Å². The zero-order valence-corrected chi connectivity index (χ0v) is 20.1. The van der Waals surface area contributed by atoms with Crippen molar-refractivity contribution in [2.24, 2.45) is 0 Å². The smallest absolute Gasteiger partial charge is 0.345 e. The zero-order valence-electron chi connectivity index (χ0n) is 19.3. The number of nitrogens with one attached hydrogen (secondary N) is 1. The van der Waals surface area contributed by atoms with Crippen LogP contribution in [0.5, 0.6) is 0 Å². The number of urea groups is 1. The Morgan fingerprint density at radius 1 is 0.917 bits per heavy atom. The van der Waals surface area contributed by atoms with Gasteiger partial charge in [-0.3, -0.25) is 9.78 Å². The van der Waals surface area contributed by atoms with Crippen LogP contribution in [0.4, 0.5) is 35.0 Å². The van der Waals surface area contributed by atoms with Crippen molar-refractivity contribution in [3.05, 3.63) is 83.1 Å². The lowest BCUT2D eigenvalue weighted by atomic mass is 10.1. The first-order valence-corrected chi connectivity index (χ1v) is 11.5. The van der Waals surface area contributed by atoms with Crippen LogP contribution in [0, 0.1) is 0 Å². The summed E-state index contributed by atoms with van der Waals surface area (Å²) in [6, 6.07) is 13.2. The van der Waals surface area contributed by atoms with E-state index in [1.807, 2.05) is 36.2 Å². The highest BCUT2D eigenvalue weighted by molar-refractivity contribution is 6.33. The third-order valence-electron chi connectivity index (χ3n) is 5.94. The summed E-state index contributed by atoms with van der Waals surface area (Å²) >= 11 is 5.97. The van der Waals surface area contributed by atoms with Gasteiger partial charge in [-0.05, 0) is 54.6 Å². The number of carbonyl (C=O) groups excluding carboxylic acids is 2. The average Bonchev–Trinajstić information content (AvgIpc) is 2.89. The van der Waals surface area contributed by atoms with Gasteiger partial charge in [-0.25, -0.2) is 4.79 Å². The maximum atomic E-state index is 13.0.